The van der Waals surface area contributed by atoms with Crippen LogP contribution >= 0.6 is 0 Å². The van der Waals surface area contributed by atoms with Crippen molar-refractivity contribution < 1.29 is 14.3 Å². The van der Waals surface area contributed by atoms with E-state index in [1.54, 1.807) is 6.92 Å². The van der Waals surface area contributed by atoms with E-state index < -0.39 is 5.97 Å². The molecule has 0 saturated carbocycles. The number of carbonyl (C=O) groups excluding carboxylic acids is 1. The molecule has 0 heterocycles. The first-order chi connectivity index (χ1) is 3.72. The Morgan fingerprint density at radius 1 is 1.88 bits per heavy atom. The lowest BCUT2D eigenvalue weighted by Crippen LogP contribution is -1.98. The molecule has 0 aromatic heterocycles. The molecular weight excluding hydrogens is 111 g/mol. The number of hydrogen-bond acceptors (Lipinski definition) is 2. The lowest BCUT2D eigenvalue weighted by molar-refractivity contribution is -0.178. The van der Waals surface area contributed by atoms with Crippen LogP contribution < -0.4 is 0 Å². The van der Waals surface area contributed by atoms with Crippen molar-refractivity contribution in [2.75, 3.05) is 0 Å². The third kappa shape index (κ3) is 1.73. The molecule has 0 N–H and O–H groups in total. The van der Waals surface area contributed by atoms with Gasteiger partial charge < -0.3 is 0 Å². The Morgan fingerprint density at radius 2 is 2.38 bits per heavy atom. The van der Waals surface area contributed by atoms with E-state index in [0.717, 1.165) is 0 Å². The molecule has 0 fully saturated rings. The SMILES string of the molecule is C=C(CC)C(=O)OF. The molecule has 0 aromatic carbocycles. The Morgan fingerprint density at radius 3 is 2.50 bits per heavy atom. The van der Waals surface area contributed by atoms with Crippen molar-refractivity contribution >= 4 is 5.97 Å². The molecule has 0 radical (unpaired) electrons. The molecule has 0 aliphatic rings. The van der Waals surface area contributed by atoms with Gasteiger partial charge in [0.25, 0.3) is 0 Å². The fourth-order valence-electron chi connectivity index (χ4n) is 0.199. The van der Waals surface area contributed by atoms with Gasteiger partial charge in [0.15, 0.2) is 0 Å². The van der Waals surface area contributed by atoms with Gasteiger partial charge in [0.1, 0.15) is 0 Å². The Bertz CT molecular complexity index is 95.0. The average molecular weight is 118 g/mol. The van der Waals surface area contributed by atoms with Crippen LogP contribution in [0.2, 0.25) is 0 Å². The van der Waals surface area contributed by atoms with Crippen molar-refractivity contribution in [3.8, 4) is 0 Å². The molecule has 0 unspecified atom stereocenters. The molecule has 0 bridgehead atoms. The predicted octanol–water partition coefficient (Wildman–Crippen LogP) is 1.38. The van der Waals surface area contributed by atoms with Gasteiger partial charge in [0.2, 0.25) is 0 Å². The zero-order valence-corrected chi connectivity index (χ0v) is 4.61. The summed E-state index contributed by atoms with van der Waals surface area (Å²) in [5, 5.41) is 0. The molecule has 0 amide bonds. The minimum absolute atomic E-state index is 0.146. The fourth-order valence-corrected chi connectivity index (χ4v) is 0.199. The zero-order valence-electron chi connectivity index (χ0n) is 4.61. The first-order valence-corrected chi connectivity index (χ1v) is 2.23. The molecule has 0 aliphatic carbocycles. The second kappa shape index (κ2) is 3.18. The highest BCUT2D eigenvalue weighted by Gasteiger charge is 2.04. The summed E-state index contributed by atoms with van der Waals surface area (Å²) in [6, 6.07) is 0. The lowest BCUT2D eigenvalue weighted by atomic mass is 10.2. The lowest BCUT2D eigenvalue weighted by Gasteiger charge is -1.90. The van der Waals surface area contributed by atoms with E-state index >= 15 is 0 Å². The van der Waals surface area contributed by atoms with E-state index in [2.05, 4.69) is 11.5 Å². The minimum atomic E-state index is -0.979. The quantitative estimate of drug-likeness (QED) is 0.512. The first kappa shape index (κ1) is 7.14. The van der Waals surface area contributed by atoms with E-state index in [0.29, 0.717) is 6.42 Å². The van der Waals surface area contributed by atoms with Crippen molar-refractivity contribution in [3.05, 3.63) is 12.2 Å². The number of hydrogen-bond donors (Lipinski definition) is 0. The summed E-state index contributed by atoms with van der Waals surface area (Å²) in [5.74, 6) is -0.979. The highest BCUT2D eigenvalue weighted by Crippen LogP contribution is 1.98. The maximum absolute atomic E-state index is 10.9. The smallest absolute Gasteiger partial charge is 0.250 e. The summed E-state index contributed by atoms with van der Waals surface area (Å²) in [6.45, 7) is 4.92. The topological polar surface area (TPSA) is 26.3 Å². The average Bonchev–Trinajstić information content (AvgIpc) is 1.84. The van der Waals surface area contributed by atoms with Gasteiger partial charge in [0.05, 0.1) is 0 Å². The van der Waals surface area contributed by atoms with Crippen LogP contribution in [0.25, 0.3) is 0 Å². The third-order valence-corrected chi connectivity index (χ3v) is 0.786. The molecule has 3 heteroatoms. The fraction of sp³-hybridized carbons (Fsp3) is 0.400. The summed E-state index contributed by atoms with van der Waals surface area (Å²) in [4.78, 5) is 12.9. The third-order valence-electron chi connectivity index (χ3n) is 0.786. The van der Waals surface area contributed by atoms with Crippen molar-refractivity contribution in [3.63, 3.8) is 0 Å². The number of rotatable bonds is 2. The molecule has 2 nitrogen and oxygen atoms in total. The summed E-state index contributed by atoms with van der Waals surface area (Å²) in [5.41, 5.74) is 0.146. The van der Waals surface area contributed by atoms with Crippen LogP contribution in [0.1, 0.15) is 13.3 Å². The maximum Gasteiger partial charge on any atom is 0.374 e. The zero-order chi connectivity index (χ0) is 6.57. The summed E-state index contributed by atoms with van der Waals surface area (Å²) < 4.78 is 10.9. The normalized spacial score (nSPS) is 8.25. The highest BCUT2D eigenvalue weighted by molar-refractivity contribution is 5.86. The van der Waals surface area contributed by atoms with Crippen LogP contribution in [-0.4, -0.2) is 5.97 Å². The monoisotopic (exact) mass is 118 g/mol. The molecule has 0 atom stereocenters. The summed E-state index contributed by atoms with van der Waals surface area (Å²) in [7, 11) is 0. The number of halogens is 1. The molecule has 46 valence electrons. The van der Waals surface area contributed by atoms with Gasteiger partial charge in [-0.1, -0.05) is 13.5 Å². The Kier molecular flexibility index (Phi) is 2.84. The second-order valence-electron chi connectivity index (χ2n) is 1.32. The van der Waals surface area contributed by atoms with E-state index in [9.17, 15) is 9.32 Å². The van der Waals surface area contributed by atoms with Gasteiger partial charge >= 0.3 is 5.97 Å². The Balaban J connectivity index is 3.64. The molecule has 0 aromatic rings. The molecule has 0 saturated heterocycles. The van der Waals surface area contributed by atoms with Crippen molar-refractivity contribution in [2.45, 2.75) is 13.3 Å². The van der Waals surface area contributed by atoms with Gasteiger partial charge in [-0.25, -0.2) is 9.74 Å². The van der Waals surface area contributed by atoms with E-state index in [1.807, 2.05) is 0 Å². The van der Waals surface area contributed by atoms with Gasteiger partial charge in [0, 0.05) is 10.1 Å². The standard InChI is InChI=1S/C5H7FO2/c1-3-4(2)5(7)8-6/h2-3H2,1H3. The maximum atomic E-state index is 10.9. The van der Waals surface area contributed by atoms with Crippen LogP contribution in [-0.2, 0) is 9.74 Å². The molecule has 0 rings (SSSR count). The van der Waals surface area contributed by atoms with Crippen LogP contribution in [0.3, 0.4) is 0 Å². The van der Waals surface area contributed by atoms with Gasteiger partial charge in [-0.3, -0.25) is 0 Å². The predicted molar refractivity (Wildman–Crippen MR) is 26.6 cm³/mol. The molecule has 0 aliphatic heterocycles. The Labute approximate surface area is 46.9 Å². The number of carbonyl (C=O) groups is 1. The molecular formula is C5H7FO2. The first-order valence-electron chi connectivity index (χ1n) is 2.23. The molecule has 8 heavy (non-hydrogen) atoms. The molecule has 0 spiro atoms. The summed E-state index contributed by atoms with van der Waals surface area (Å²) in [6.07, 6.45) is 0.419. The van der Waals surface area contributed by atoms with Crippen LogP contribution in [0.15, 0.2) is 12.2 Å². The van der Waals surface area contributed by atoms with Gasteiger partial charge in [-0.05, 0) is 6.42 Å². The van der Waals surface area contributed by atoms with Crippen LogP contribution in [0.4, 0.5) is 4.53 Å². The van der Waals surface area contributed by atoms with E-state index in [-0.39, 0.29) is 5.57 Å². The van der Waals surface area contributed by atoms with Crippen molar-refractivity contribution in [1.29, 1.82) is 0 Å². The summed E-state index contributed by atoms with van der Waals surface area (Å²) >= 11 is 0. The van der Waals surface area contributed by atoms with Crippen molar-refractivity contribution in [2.24, 2.45) is 0 Å². The van der Waals surface area contributed by atoms with Gasteiger partial charge in [-0.15, -0.1) is 0 Å². The largest absolute Gasteiger partial charge is 0.374 e. The minimum Gasteiger partial charge on any atom is -0.250 e. The van der Waals surface area contributed by atoms with Gasteiger partial charge in [-0.2, -0.15) is 0 Å². The van der Waals surface area contributed by atoms with Crippen molar-refractivity contribution in [1.82, 2.24) is 0 Å². The second-order valence-corrected chi connectivity index (χ2v) is 1.32. The highest BCUT2D eigenvalue weighted by atomic mass is 19.3. The van der Waals surface area contributed by atoms with Crippen LogP contribution in [0, 0.1) is 0 Å². The van der Waals surface area contributed by atoms with E-state index in [1.165, 1.54) is 0 Å². The van der Waals surface area contributed by atoms with Crippen LogP contribution in [0.5, 0.6) is 0 Å². The Hall–Kier alpha value is -0.860. The van der Waals surface area contributed by atoms with E-state index in [4.69, 9.17) is 0 Å².